The minimum absolute atomic E-state index is 0.213. The Morgan fingerprint density at radius 2 is 2.35 bits per heavy atom. The third kappa shape index (κ3) is 4.07. The predicted molar refractivity (Wildman–Crippen MR) is 79.3 cm³/mol. The third-order valence-electron chi connectivity index (χ3n) is 4.20. The van der Waals surface area contributed by atoms with Crippen molar-refractivity contribution in [1.29, 1.82) is 0 Å². The molecule has 1 unspecified atom stereocenters. The molecular weight excluding hydrogens is 252 g/mol. The van der Waals surface area contributed by atoms with Crippen LogP contribution in [0.1, 0.15) is 43.5 Å². The topological polar surface area (TPSA) is 52.2 Å². The molecule has 2 heterocycles. The summed E-state index contributed by atoms with van der Waals surface area (Å²) in [5.41, 5.74) is 1.96. The van der Waals surface area contributed by atoms with Gasteiger partial charge in [0.1, 0.15) is 0 Å². The maximum atomic E-state index is 12.2. The number of amides is 1. The highest BCUT2D eigenvalue weighted by molar-refractivity contribution is 5.75. The molecule has 5 nitrogen and oxygen atoms in total. The van der Waals surface area contributed by atoms with E-state index >= 15 is 0 Å². The second kappa shape index (κ2) is 6.88. The van der Waals surface area contributed by atoms with E-state index < -0.39 is 0 Å². The van der Waals surface area contributed by atoms with Gasteiger partial charge in [0.05, 0.1) is 12.2 Å². The first-order chi connectivity index (χ1) is 9.56. The van der Waals surface area contributed by atoms with Gasteiger partial charge < -0.3 is 9.80 Å². The first-order valence-corrected chi connectivity index (χ1v) is 7.51. The summed E-state index contributed by atoms with van der Waals surface area (Å²) in [6.07, 6.45) is 5.42. The Kier molecular flexibility index (Phi) is 5.17. The molecule has 0 radical (unpaired) electrons. The van der Waals surface area contributed by atoms with Gasteiger partial charge in [0.2, 0.25) is 5.91 Å². The Hall–Kier alpha value is -1.36. The first-order valence-electron chi connectivity index (χ1n) is 7.51. The Balaban J connectivity index is 1.76. The van der Waals surface area contributed by atoms with Crippen LogP contribution in [0.15, 0.2) is 6.07 Å². The van der Waals surface area contributed by atoms with Crippen LogP contribution in [0.25, 0.3) is 0 Å². The number of carbonyl (C=O) groups is 1. The fourth-order valence-corrected chi connectivity index (χ4v) is 2.88. The van der Waals surface area contributed by atoms with Gasteiger partial charge in [0.15, 0.2) is 0 Å². The molecule has 1 aliphatic rings. The molecule has 1 saturated heterocycles. The summed E-state index contributed by atoms with van der Waals surface area (Å²) < 4.78 is 0. The van der Waals surface area contributed by atoms with Crippen LogP contribution in [-0.4, -0.2) is 52.6 Å². The van der Waals surface area contributed by atoms with Crippen molar-refractivity contribution in [1.82, 2.24) is 20.0 Å². The number of nitrogens with zero attached hydrogens (tertiary/aromatic N) is 3. The number of aromatic nitrogens is 2. The number of nitrogens with one attached hydrogen (secondary N) is 1. The van der Waals surface area contributed by atoms with Gasteiger partial charge >= 0.3 is 0 Å². The van der Waals surface area contributed by atoms with Gasteiger partial charge in [-0.1, -0.05) is 6.42 Å². The molecule has 1 atom stereocenters. The second-order valence-electron chi connectivity index (χ2n) is 5.96. The fourth-order valence-electron chi connectivity index (χ4n) is 2.88. The molecule has 0 bridgehead atoms. The van der Waals surface area contributed by atoms with Crippen LogP contribution < -0.4 is 0 Å². The molecule has 1 amide bonds. The molecule has 1 aromatic rings. The molecule has 1 aliphatic heterocycles. The normalized spacial score (nSPS) is 20.1. The van der Waals surface area contributed by atoms with E-state index in [9.17, 15) is 4.79 Å². The summed E-state index contributed by atoms with van der Waals surface area (Å²) in [7, 11) is 4.03. The van der Waals surface area contributed by atoms with Crippen LogP contribution in [-0.2, 0) is 11.3 Å². The lowest BCUT2D eigenvalue weighted by molar-refractivity contribution is -0.130. The average molecular weight is 278 g/mol. The van der Waals surface area contributed by atoms with Crippen molar-refractivity contribution in [2.45, 2.75) is 51.6 Å². The van der Waals surface area contributed by atoms with Crippen molar-refractivity contribution in [3.8, 4) is 0 Å². The van der Waals surface area contributed by atoms with E-state index in [1.54, 1.807) is 4.90 Å². The quantitative estimate of drug-likeness (QED) is 0.895. The summed E-state index contributed by atoms with van der Waals surface area (Å²) in [5, 5.41) is 7.08. The molecule has 20 heavy (non-hydrogen) atoms. The van der Waals surface area contributed by atoms with Gasteiger partial charge in [0.25, 0.3) is 0 Å². The minimum atomic E-state index is 0.213. The molecule has 1 N–H and O–H groups in total. The molecule has 1 fully saturated rings. The van der Waals surface area contributed by atoms with Crippen LogP contribution >= 0.6 is 0 Å². The Morgan fingerprint density at radius 1 is 1.55 bits per heavy atom. The van der Waals surface area contributed by atoms with Crippen molar-refractivity contribution in [3.05, 3.63) is 17.5 Å². The van der Waals surface area contributed by atoms with Crippen molar-refractivity contribution >= 4 is 5.91 Å². The van der Waals surface area contributed by atoms with Crippen molar-refractivity contribution < 1.29 is 4.79 Å². The number of hydrogen-bond donors (Lipinski definition) is 1. The zero-order chi connectivity index (χ0) is 14.5. The average Bonchev–Trinajstić information content (AvgIpc) is 2.82. The van der Waals surface area contributed by atoms with Gasteiger partial charge in [-0.2, -0.15) is 5.10 Å². The Morgan fingerprint density at radius 3 is 3.00 bits per heavy atom. The van der Waals surface area contributed by atoms with Crippen molar-refractivity contribution in [2.75, 3.05) is 20.6 Å². The Labute approximate surface area is 121 Å². The maximum absolute atomic E-state index is 12.2. The summed E-state index contributed by atoms with van der Waals surface area (Å²) in [6, 6.07) is 2.56. The number of piperidine rings is 1. The SMILES string of the molecule is Cc1cc(CN(C)C(=O)CCC2CCCCN2C)n[nH]1. The lowest BCUT2D eigenvalue weighted by atomic mass is 9.98. The predicted octanol–water partition coefficient (Wildman–Crippen LogP) is 1.94. The van der Waals surface area contributed by atoms with Crippen molar-refractivity contribution in [2.24, 2.45) is 0 Å². The van der Waals surface area contributed by atoms with Gasteiger partial charge in [-0.3, -0.25) is 9.89 Å². The summed E-state index contributed by atoms with van der Waals surface area (Å²) in [4.78, 5) is 16.3. The summed E-state index contributed by atoms with van der Waals surface area (Å²) in [6.45, 7) is 3.72. The van der Waals surface area contributed by atoms with E-state index in [2.05, 4.69) is 22.1 Å². The molecule has 0 spiro atoms. The van der Waals surface area contributed by atoms with Crippen LogP contribution in [0.5, 0.6) is 0 Å². The van der Waals surface area contributed by atoms with Crippen LogP contribution in [0, 0.1) is 6.92 Å². The Bertz CT molecular complexity index is 443. The van der Waals surface area contributed by atoms with Crippen LogP contribution in [0.2, 0.25) is 0 Å². The summed E-state index contributed by atoms with van der Waals surface area (Å²) >= 11 is 0. The molecule has 112 valence electrons. The van der Waals surface area contributed by atoms with E-state index in [0.717, 1.165) is 17.8 Å². The van der Waals surface area contributed by atoms with E-state index in [1.807, 2.05) is 20.0 Å². The highest BCUT2D eigenvalue weighted by Gasteiger charge is 2.20. The number of aryl methyl sites for hydroxylation is 1. The van der Waals surface area contributed by atoms with Crippen LogP contribution in [0.4, 0.5) is 0 Å². The second-order valence-corrected chi connectivity index (χ2v) is 5.96. The first kappa shape index (κ1) is 15.0. The van der Waals surface area contributed by atoms with E-state index in [0.29, 0.717) is 19.0 Å². The molecular formula is C15H26N4O. The lowest BCUT2D eigenvalue weighted by Gasteiger charge is -2.32. The standard InChI is InChI=1S/C15H26N4O/c1-12-10-13(17-16-12)11-19(3)15(20)8-7-14-6-4-5-9-18(14)2/h10,14H,4-9,11H2,1-3H3,(H,16,17). The fraction of sp³-hybridized carbons (Fsp3) is 0.733. The highest BCUT2D eigenvalue weighted by Crippen LogP contribution is 2.19. The zero-order valence-electron chi connectivity index (χ0n) is 12.9. The highest BCUT2D eigenvalue weighted by atomic mass is 16.2. The number of carbonyl (C=O) groups excluding carboxylic acids is 1. The summed E-state index contributed by atoms with van der Waals surface area (Å²) in [5.74, 6) is 0.213. The number of rotatable bonds is 5. The smallest absolute Gasteiger partial charge is 0.222 e. The molecule has 0 aliphatic carbocycles. The zero-order valence-corrected chi connectivity index (χ0v) is 12.9. The molecule has 0 aromatic carbocycles. The molecule has 5 heteroatoms. The van der Waals surface area contributed by atoms with Crippen LogP contribution in [0.3, 0.4) is 0 Å². The van der Waals surface area contributed by atoms with Gasteiger partial charge in [-0.15, -0.1) is 0 Å². The molecule has 1 aromatic heterocycles. The number of aromatic amines is 1. The van der Waals surface area contributed by atoms with Gasteiger partial charge in [-0.05, 0) is 45.8 Å². The number of H-pyrrole nitrogens is 1. The van der Waals surface area contributed by atoms with E-state index in [1.165, 1.54) is 25.8 Å². The van der Waals surface area contributed by atoms with E-state index in [-0.39, 0.29) is 5.91 Å². The molecule has 2 rings (SSSR count). The maximum Gasteiger partial charge on any atom is 0.222 e. The number of hydrogen-bond acceptors (Lipinski definition) is 3. The largest absolute Gasteiger partial charge is 0.340 e. The van der Waals surface area contributed by atoms with E-state index in [4.69, 9.17) is 0 Å². The third-order valence-corrected chi connectivity index (χ3v) is 4.20. The minimum Gasteiger partial charge on any atom is -0.340 e. The monoisotopic (exact) mass is 278 g/mol. The number of likely N-dealkylation sites (tertiary alicyclic amines) is 1. The van der Waals surface area contributed by atoms with Gasteiger partial charge in [-0.25, -0.2) is 0 Å². The molecule has 0 saturated carbocycles. The van der Waals surface area contributed by atoms with Crippen molar-refractivity contribution in [3.63, 3.8) is 0 Å². The van der Waals surface area contributed by atoms with Gasteiger partial charge in [0, 0.05) is 25.2 Å². The lowest BCUT2D eigenvalue weighted by Crippen LogP contribution is -2.37.